The van der Waals surface area contributed by atoms with Gasteiger partial charge < -0.3 is 5.32 Å². The van der Waals surface area contributed by atoms with Crippen molar-refractivity contribution in [2.24, 2.45) is 7.05 Å². The summed E-state index contributed by atoms with van der Waals surface area (Å²) in [4.78, 5) is 19.0. The summed E-state index contributed by atoms with van der Waals surface area (Å²) in [5, 5.41) is 7.83. The molecule has 2 heterocycles. The summed E-state index contributed by atoms with van der Waals surface area (Å²) in [5.74, 6) is 0.414. The maximum atomic E-state index is 12.0. The van der Waals surface area contributed by atoms with Crippen LogP contribution < -0.4 is 10.9 Å². The molecular formula is C14H14ClN5O. The van der Waals surface area contributed by atoms with E-state index in [1.165, 1.54) is 4.68 Å². The Bertz CT molecular complexity index is 867. The van der Waals surface area contributed by atoms with Crippen LogP contribution in [0.3, 0.4) is 0 Å². The lowest BCUT2D eigenvalue weighted by atomic mass is 10.1. The first-order valence-electron chi connectivity index (χ1n) is 6.45. The number of nitrogens with zero attached hydrogens (tertiary/aromatic N) is 3. The van der Waals surface area contributed by atoms with E-state index in [2.05, 4.69) is 20.4 Å². The second-order valence-electron chi connectivity index (χ2n) is 4.85. The standard InChI is InChI=1S/C14H14ClN5O/c1-8-3-4-9(5-10(8)15)6-16-14-18-11-7-17-20(2)12(11)13(21)19-14/h3-5,7H,6H2,1-2H3,(H2,16,18,19,21). The number of rotatable bonds is 3. The zero-order valence-corrected chi connectivity index (χ0v) is 12.4. The highest BCUT2D eigenvalue weighted by Crippen LogP contribution is 2.17. The molecule has 7 heteroatoms. The van der Waals surface area contributed by atoms with Crippen molar-refractivity contribution in [2.45, 2.75) is 13.5 Å². The first kappa shape index (κ1) is 13.6. The molecule has 0 saturated heterocycles. The largest absolute Gasteiger partial charge is 0.352 e. The van der Waals surface area contributed by atoms with Gasteiger partial charge in [0, 0.05) is 18.6 Å². The van der Waals surface area contributed by atoms with Crippen molar-refractivity contribution >= 4 is 28.6 Å². The Labute approximate surface area is 125 Å². The van der Waals surface area contributed by atoms with Gasteiger partial charge in [-0.3, -0.25) is 14.5 Å². The number of nitrogens with one attached hydrogen (secondary N) is 2. The van der Waals surface area contributed by atoms with Crippen LogP contribution in [0.5, 0.6) is 0 Å². The Hall–Kier alpha value is -2.34. The smallest absolute Gasteiger partial charge is 0.278 e. The molecule has 0 aliphatic heterocycles. The van der Waals surface area contributed by atoms with Gasteiger partial charge in [-0.2, -0.15) is 5.10 Å². The highest BCUT2D eigenvalue weighted by molar-refractivity contribution is 6.31. The molecule has 2 N–H and O–H groups in total. The lowest BCUT2D eigenvalue weighted by molar-refractivity contribution is 0.792. The van der Waals surface area contributed by atoms with Gasteiger partial charge in [0.2, 0.25) is 5.95 Å². The van der Waals surface area contributed by atoms with Crippen LogP contribution in [0.25, 0.3) is 11.0 Å². The maximum absolute atomic E-state index is 12.0. The average Bonchev–Trinajstić information content (AvgIpc) is 2.82. The van der Waals surface area contributed by atoms with E-state index in [-0.39, 0.29) is 5.56 Å². The molecule has 0 aliphatic rings. The summed E-state index contributed by atoms with van der Waals surface area (Å²) in [6, 6.07) is 5.83. The number of aryl methyl sites for hydroxylation is 2. The number of halogens is 1. The molecule has 0 aliphatic carbocycles. The van der Waals surface area contributed by atoms with Crippen LogP contribution in [0.15, 0.2) is 29.2 Å². The van der Waals surface area contributed by atoms with E-state index >= 15 is 0 Å². The van der Waals surface area contributed by atoms with Crippen molar-refractivity contribution in [2.75, 3.05) is 5.32 Å². The number of hydrogen-bond acceptors (Lipinski definition) is 4. The SMILES string of the molecule is Cc1ccc(CNc2nc3cnn(C)c3c(=O)[nH]2)cc1Cl. The zero-order valence-electron chi connectivity index (χ0n) is 11.6. The molecule has 21 heavy (non-hydrogen) atoms. The monoisotopic (exact) mass is 303 g/mol. The molecule has 3 rings (SSSR count). The number of benzene rings is 1. The minimum absolute atomic E-state index is 0.218. The van der Waals surface area contributed by atoms with Crippen molar-refractivity contribution in [3.05, 3.63) is 50.9 Å². The van der Waals surface area contributed by atoms with Crippen LogP contribution in [0.4, 0.5) is 5.95 Å². The summed E-state index contributed by atoms with van der Waals surface area (Å²) in [7, 11) is 1.71. The molecule has 0 amide bonds. The summed E-state index contributed by atoms with van der Waals surface area (Å²) in [6.45, 7) is 2.48. The topological polar surface area (TPSA) is 75.6 Å². The lowest BCUT2D eigenvalue weighted by Crippen LogP contribution is -2.15. The van der Waals surface area contributed by atoms with Crippen LogP contribution in [0, 0.1) is 6.92 Å². The molecule has 0 fully saturated rings. The van der Waals surface area contributed by atoms with Crippen LogP contribution in [-0.4, -0.2) is 19.7 Å². The third kappa shape index (κ3) is 2.62. The van der Waals surface area contributed by atoms with E-state index < -0.39 is 0 Å². The molecule has 0 bridgehead atoms. The second-order valence-corrected chi connectivity index (χ2v) is 5.26. The van der Waals surface area contributed by atoms with Gasteiger partial charge in [0.15, 0.2) is 5.52 Å². The van der Waals surface area contributed by atoms with E-state index in [4.69, 9.17) is 11.6 Å². The lowest BCUT2D eigenvalue weighted by Gasteiger charge is -2.07. The number of fused-ring (bicyclic) bond motifs is 1. The predicted molar refractivity (Wildman–Crippen MR) is 82.6 cm³/mol. The van der Waals surface area contributed by atoms with Gasteiger partial charge in [-0.05, 0) is 24.1 Å². The normalized spacial score (nSPS) is 11.0. The molecule has 0 unspecified atom stereocenters. The summed E-state index contributed by atoms with van der Waals surface area (Å²) in [6.07, 6.45) is 1.57. The van der Waals surface area contributed by atoms with Crippen molar-refractivity contribution in [3.63, 3.8) is 0 Å². The van der Waals surface area contributed by atoms with Gasteiger partial charge in [0.25, 0.3) is 5.56 Å². The Morgan fingerprint density at radius 1 is 1.43 bits per heavy atom. The van der Waals surface area contributed by atoms with E-state index in [9.17, 15) is 4.79 Å². The fraction of sp³-hybridized carbons (Fsp3) is 0.214. The quantitative estimate of drug-likeness (QED) is 0.778. The summed E-state index contributed by atoms with van der Waals surface area (Å²) in [5.41, 5.74) is 2.84. The van der Waals surface area contributed by atoms with Gasteiger partial charge >= 0.3 is 0 Å². The molecule has 1 aromatic carbocycles. The fourth-order valence-corrected chi connectivity index (χ4v) is 2.31. The van der Waals surface area contributed by atoms with Crippen LogP contribution in [0.1, 0.15) is 11.1 Å². The second kappa shape index (κ2) is 5.21. The molecule has 108 valence electrons. The number of aromatic amines is 1. The number of anilines is 1. The van der Waals surface area contributed by atoms with Gasteiger partial charge in [0.1, 0.15) is 5.52 Å². The summed E-state index contributed by atoms with van der Waals surface area (Å²) < 4.78 is 1.50. The number of aromatic nitrogens is 4. The molecule has 6 nitrogen and oxygen atoms in total. The van der Waals surface area contributed by atoms with Crippen molar-refractivity contribution in [3.8, 4) is 0 Å². The minimum Gasteiger partial charge on any atom is -0.352 e. The van der Waals surface area contributed by atoms with E-state index in [0.717, 1.165) is 16.1 Å². The molecule has 0 atom stereocenters. The fourth-order valence-electron chi connectivity index (χ4n) is 2.10. The van der Waals surface area contributed by atoms with Crippen LogP contribution >= 0.6 is 11.6 Å². The first-order valence-corrected chi connectivity index (χ1v) is 6.83. The molecule has 3 aromatic rings. The van der Waals surface area contributed by atoms with Crippen LogP contribution in [-0.2, 0) is 13.6 Å². The van der Waals surface area contributed by atoms with Gasteiger partial charge in [0.05, 0.1) is 6.20 Å². The van der Waals surface area contributed by atoms with E-state index in [1.807, 2.05) is 25.1 Å². The van der Waals surface area contributed by atoms with Crippen molar-refractivity contribution < 1.29 is 0 Å². The highest BCUT2D eigenvalue weighted by Gasteiger charge is 2.08. The Morgan fingerprint density at radius 2 is 2.24 bits per heavy atom. The maximum Gasteiger partial charge on any atom is 0.278 e. The van der Waals surface area contributed by atoms with Crippen molar-refractivity contribution in [1.82, 2.24) is 19.7 Å². The van der Waals surface area contributed by atoms with E-state index in [0.29, 0.717) is 23.5 Å². The van der Waals surface area contributed by atoms with Gasteiger partial charge in [-0.1, -0.05) is 23.7 Å². The van der Waals surface area contributed by atoms with Gasteiger partial charge in [-0.25, -0.2) is 4.98 Å². The Balaban J connectivity index is 1.85. The molecular weight excluding hydrogens is 290 g/mol. The molecule has 0 spiro atoms. The van der Waals surface area contributed by atoms with Crippen molar-refractivity contribution in [1.29, 1.82) is 0 Å². The third-order valence-electron chi connectivity index (χ3n) is 3.29. The zero-order chi connectivity index (χ0) is 15.0. The van der Waals surface area contributed by atoms with Crippen LogP contribution in [0.2, 0.25) is 5.02 Å². The Morgan fingerprint density at radius 3 is 3.00 bits per heavy atom. The highest BCUT2D eigenvalue weighted by atomic mass is 35.5. The number of hydrogen-bond donors (Lipinski definition) is 2. The first-order chi connectivity index (χ1) is 10.0. The average molecular weight is 304 g/mol. The molecule has 2 aromatic heterocycles. The number of H-pyrrole nitrogens is 1. The third-order valence-corrected chi connectivity index (χ3v) is 3.70. The Kier molecular flexibility index (Phi) is 3.39. The minimum atomic E-state index is -0.218. The molecule has 0 radical (unpaired) electrons. The van der Waals surface area contributed by atoms with Gasteiger partial charge in [-0.15, -0.1) is 0 Å². The summed E-state index contributed by atoms with van der Waals surface area (Å²) >= 11 is 6.09. The van der Waals surface area contributed by atoms with E-state index in [1.54, 1.807) is 13.2 Å². The predicted octanol–water partition coefficient (Wildman–Crippen LogP) is 2.23. The molecule has 0 saturated carbocycles.